The number of nitrogens with two attached hydrogens (primary N) is 1. The molecule has 0 bridgehead atoms. The largest absolute Gasteiger partial charge is 0.368 e. The standard InChI is InChI=1S/C22H16Br2N2O2/c23-13-9-12(10-14(24)11-13)22(28)26-20(21(25)27)19-17-7-3-1-5-15(17)16-6-2-4-8-18(16)19/h1-11,19-20H,(H2,25,27)(H,26,28)/t20-/m1/s1. The molecule has 1 atom stereocenters. The number of amides is 2. The average Bonchev–Trinajstić information content (AvgIpc) is 2.99. The van der Waals surface area contributed by atoms with Gasteiger partial charge in [-0.3, -0.25) is 9.59 Å². The predicted molar refractivity (Wildman–Crippen MR) is 116 cm³/mol. The highest BCUT2D eigenvalue weighted by atomic mass is 79.9. The monoisotopic (exact) mass is 498 g/mol. The van der Waals surface area contributed by atoms with Gasteiger partial charge >= 0.3 is 0 Å². The molecule has 0 saturated heterocycles. The Morgan fingerprint density at radius 2 is 1.36 bits per heavy atom. The third-order valence-corrected chi connectivity index (χ3v) is 5.85. The number of benzene rings is 3. The molecule has 0 aliphatic heterocycles. The zero-order valence-corrected chi connectivity index (χ0v) is 17.8. The van der Waals surface area contributed by atoms with Gasteiger partial charge in [0.1, 0.15) is 6.04 Å². The van der Waals surface area contributed by atoms with E-state index in [0.717, 1.165) is 31.2 Å². The van der Waals surface area contributed by atoms with Crippen LogP contribution in [-0.2, 0) is 4.79 Å². The number of halogens is 2. The van der Waals surface area contributed by atoms with Crippen LogP contribution >= 0.6 is 31.9 Å². The Labute approximate surface area is 179 Å². The summed E-state index contributed by atoms with van der Waals surface area (Å²) < 4.78 is 1.53. The smallest absolute Gasteiger partial charge is 0.252 e. The summed E-state index contributed by atoms with van der Waals surface area (Å²) in [6.07, 6.45) is 0. The van der Waals surface area contributed by atoms with Gasteiger partial charge in [0.15, 0.2) is 0 Å². The maximum atomic E-state index is 12.9. The van der Waals surface area contributed by atoms with Crippen LogP contribution < -0.4 is 11.1 Å². The molecule has 0 radical (unpaired) electrons. The predicted octanol–water partition coefficient (Wildman–Crippen LogP) is 4.61. The van der Waals surface area contributed by atoms with Gasteiger partial charge in [0.05, 0.1) is 0 Å². The molecule has 28 heavy (non-hydrogen) atoms. The zero-order valence-electron chi connectivity index (χ0n) is 14.7. The maximum absolute atomic E-state index is 12.9. The lowest BCUT2D eigenvalue weighted by molar-refractivity contribution is -0.120. The third-order valence-electron chi connectivity index (χ3n) is 4.93. The number of carbonyl (C=O) groups excluding carboxylic acids is 2. The van der Waals surface area contributed by atoms with E-state index in [9.17, 15) is 9.59 Å². The Bertz CT molecular complexity index is 1030. The molecule has 4 rings (SSSR count). The molecule has 140 valence electrons. The van der Waals surface area contributed by atoms with Crippen LogP contribution in [0.1, 0.15) is 27.4 Å². The lowest BCUT2D eigenvalue weighted by atomic mass is 9.88. The Morgan fingerprint density at radius 3 is 1.86 bits per heavy atom. The van der Waals surface area contributed by atoms with Crippen LogP contribution in [-0.4, -0.2) is 17.9 Å². The van der Waals surface area contributed by atoms with E-state index in [1.165, 1.54) is 0 Å². The molecule has 4 nitrogen and oxygen atoms in total. The number of hydrogen-bond donors (Lipinski definition) is 2. The highest BCUT2D eigenvalue weighted by molar-refractivity contribution is 9.11. The fourth-order valence-electron chi connectivity index (χ4n) is 3.78. The number of carbonyl (C=O) groups is 2. The van der Waals surface area contributed by atoms with Gasteiger partial charge in [-0.1, -0.05) is 80.4 Å². The molecule has 1 aliphatic carbocycles. The highest BCUT2D eigenvalue weighted by Crippen LogP contribution is 2.46. The summed E-state index contributed by atoms with van der Waals surface area (Å²) in [5, 5.41) is 2.86. The first-order chi connectivity index (χ1) is 13.5. The Kier molecular flexibility index (Phi) is 5.08. The van der Waals surface area contributed by atoms with Crippen molar-refractivity contribution in [2.24, 2.45) is 5.73 Å². The summed E-state index contributed by atoms with van der Waals surface area (Å²) in [5.74, 6) is -1.25. The molecule has 0 heterocycles. The van der Waals surface area contributed by atoms with Crippen molar-refractivity contribution in [3.05, 3.63) is 92.4 Å². The van der Waals surface area contributed by atoms with E-state index in [0.29, 0.717) is 5.56 Å². The van der Waals surface area contributed by atoms with Crippen LogP contribution in [0.25, 0.3) is 11.1 Å². The van der Waals surface area contributed by atoms with Gasteiger partial charge in [-0.2, -0.15) is 0 Å². The van der Waals surface area contributed by atoms with Crippen LogP contribution in [0.2, 0.25) is 0 Å². The van der Waals surface area contributed by atoms with Crippen molar-refractivity contribution in [1.82, 2.24) is 5.32 Å². The van der Waals surface area contributed by atoms with Crippen molar-refractivity contribution in [2.45, 2.75) is 12.0 Å². The molecule has 0 aromatic heterocycles. The molecule has 2 amide bonds. The molecular weight excluding hydrogens is 484 g/mol. The SMILES string of the molecule is NC(=O)[C@H](NC(=O)c1cc(Br)cc(Br)c1)C1c2ccccc2-c2ccccc21. The van der Waals surface area contributed by atoms with Gasteiger partial charge < -0.3 is 11.1 Å². The summed E-state index contributed by atoms with van der Waals surface area (Å²) >= 11 is 6.77. The fraction of sp³-hybridized carbons (Fsp3) is 0.0909. The summed E-state index contributed by atoms with van der Waals surface area (Å²) in [6, 6.07) is 20.2. The Morgan fingerprint density at radius 1 is 0.857 bits per heavy atom. The van der Waals surface area contributed by atoms with E-state index in [1.807, 2.05) is 54.6 Å². The van der Waals surface area contributed by atoms with Gasteiger partial charge in [-0.25, -0.2) is 0 Å². The van der Waals surface area contributed by atoms with Crippen molar-refractivity contribution in [1.29, 1.82) is 0 Å². The minimum Gasteiger partial charge on any atom is -0.368 e. The van der Waals surface area contributed by atoms with Crippen LogP contribution in [0.15, 0.2) is 75.7 Å². The van der Waals surface area contributed by atoms with E-state index in [4.69, 9.17) is 5.73 Å². The van der Waals surface area contributed by atoms with Crippen LogP contribution in [0.4, 0.5) is 0 Å². The first-order valence-corrected chi connectivity index (χ1v) is 10.3. The average molecular weight is 500 g/mol. The van der Waals surface area contributed by atoms with Gasteiger partial charge in [0.2, 0.25) is 5.91 Å². The van der Waals surface area contributed by atoms with Gasteiger partial charge in [-0.15, -0.1) is 0 Å². The van der Waals surface area contributed by atoms with E-state index < -0.39 is 11.9 Å². The van der Waals surface area contributed by atoms with E-state index in [-0.39, 0.29) is 11.8 Å². The second-order valence-corrected chi connectivity index (χ2v) is 8.50. The topological polar surface area (TPSA) is 72.2 Å². The van der Waals surface area contributed by atoms with Gasteiger partial charge in [-0.05, 0) is 40.5 Å². The van der Waals surface area contributed by atoms with Crippen LogP contribution in [0, 0.1) is 0 Å². The van der Waals surface area contributed by atoms with Crippen molar-refractivity contribution >= 4 is 43.7 Å². The minimum absolute atomic E-state index is 0.329. The lowest BCUT2D eigenvalue weighted by Gasteiger charge is -2.24. The molecule has 3 N–H and O–H groups in total. The molecule has 6 heteroatoms. The van der Waals surface area contributed by atoms with Crippen molar-refractivity contribution < 1.29 is 9.59 Å². The summed E-state index contributed by atoms with van der Waals surface area (Å²) in [7, 11) is 0. The van der Waals surface area contributed by atoms with Crippen molar-refractivity contribution in [2.75, 3.05) is 0 Å². The van der Waals surface area contributed by atoms with E-state index >= 15 is 0 Å². The molecule has 3 aromatic carbocycles. The second kappa shape index (κ2) is 7.53. The molecule has 3 aromatic rings. The summed E-state index contributed by atoms with van der Waals surface area (Å²) in [6.45, 7) is 0. The summed E-state index contributed by atoms with van der Waals surface area (Å²) in [5.41, 5.74) is 10.3. The van der Waals surface area contributed by atoms with E-state index in [2.05, 4.69) is 37.2 Å². The highest BCUT2D eigenvalue weighted by Gasteiger charge is 2.38. The van der Waals surface area contributed by atoms with Gasteiger partial charge in [0.25, 0.3) is 5.91 Å². The van der Waals surface area contributed by atoms with Gasteiger partial charge in [0, 0.05) is 20.4 Å². The zero-order chi connectivity index (χ0) is 19.8. The first-order valence-electron chi connectivity index (χ1n) is 8.70. The quantitative estimate of drug-likeness (QED) is 0.550. The molecule has 0 fully saturated rings. The molecular formula is C22H16Br2N2O2. The number of hydrogen-bond acceptors (Lipinski definition) is 2. The number of fused-ring (bicyclic) bond motifs is 3. The summed E-state index contributed by atoms with van der Waals surface area (Å²) in [4.78, 5) is 25.3. The minimum atomic E-state index is -0.866. The second-order valence-electron chi connectivity index (χ2n) is 6.66. The Hall–Kier alpha value is -2.44. The number of primary amides is 1. The van der Waals surface area contributed by atoms with Crippen LogP contribution in [0.5, 0.6) is 0 Å². The lowest BCUT2D eigenvalue weighted by Crippen LogP contribution is -2.48. The van der Waals surface area contributed by atoms with Crippen molar-refractivity contribution in [3.63, 3.8) is 0 Å². The molecule has 0 unspecified atom stereocenters. The first kappa shape index (κ1) is 18.9. The third kappa shape index (κ3) is 3.38. The molecule has 1 aliphatic rings. The number of nitrogens with one attached hydrogen (secondary N) is 1. The van der Waals surface area contributed by atoms with Crippen LogP contribution in [0.3, 0.4) is 0 Å². The normalized spacial score (nSPS) is 13.5. The molecule has 0 spiro atoms. The maximum Gasteiger partial charge on any atom is 0.252 e. The van der Waals surface area contributed by atoms with Crippen molar-refractivity contribution in [3.8, 4) is 11.1 Å². The molecule has 0 saturated carbocycles. The number of rotatable bonds is 4. The van der Waals surface area contributed by atoms with E-state index in [1.54, 1.807) is 12.1 Å². The Balaban J connectivity index is 1.75. The fourth-order valence-corrected chi connectivity index (χ4v) is 5.08.